The van der Waals surface area contributed by atoms with Crippen LogP contribution in [0.4, 0.5) is 5.69 Å². The molecule has 6 heteroatoms. The summed E-state index contributed by atoms with van der Waals surface area (Å²) in [6.07, 6.45) is 4.10. The number of rotatable bonds is 3. The molecule has 1 aromatic rings. The first-order chi connectivity index (χ1) is 12.9. The van der Waals surface area contributed by atoms with Crippen LogP contribution in [0.5, 0.6) is 0 Å². The van der Waals surface area contributed by atoms with Gasteiger partial charge in [-0.25, -0.2) is 9.69 Å². The van der Waals surface area contributed by atoms with E-state index in [0.29, 0.717) is 5.69 Å². The molecular weight excluding hydrogens is 366 g/mol. The van der Waals surface area contributed by atoms with Crippen molar-refractivity contribution in [3.63, 3.8) is 0 Å². The number of fused-ring (bicyclic) bond motifs is 5. The number of ether oxygens (including phenoxy) is 1. The molecule has 2 aliphatic carbocycles. The molecule has 2 bridgehead atoms. The van der Waals surface area contributed by atoms with E-state index in [1.54, 1.807) is 13.0 Å². The average molecular weight is 386 g/mol. The third kappa shape index (κ3) is 2.48. The van der Waals surface area contributed by atoms with Crippen molar-refractivity contribution in [2.45, 2.75) is 20.8 Å². The lowest BCUT2D eigenvalue weighted by molar-refractivity contribution is -0.122. The van der Waals surface area contributed by atoms with E-state index in [-0.39, 0.29) is 52.7 Å². The summed E-state index contributed by atoms with van der Waals surface area (Å²) < 4.78 is 5.01. The Morgan fingerprint density at radius 2 is 1.70 bits per heavy atom. The number of hydrogen-bond acceptors (Lipinski definition) is 4. The monoisotopic (exact) mass is 385 g/mol. The molecule has 1 aliphatic heterocycles. The van der Waals surface area contributed by atoms with Crippen LogP contribution in [0.2, 0.25) is 5.02 Å². The number of carbonyl (C=O) groups is 3. The number of allylic oxidation sites excluding steroid dienone is 4. The van der Waals surface area contributed by atoms with E-state index in [4.69, 9.17) is 16.3 Å². The predicted molar refractivity (Wildman–Crippen MR) is 101 cm³/mol. The summed E-state index contributed by atoms with van der Waals surface area (Å²) in [5.74, 6) is -1.74. The fourth-order valence-electron chi connectivity index (χ4n) is 4.70. The second-order valence-corrected chi connectivity index (χ2v) is 7.75. The molecule has 140 valence electrons. The molecule has 0 radical (unpaired) electrons. The number of benzene rings is 1. The lowest BCUT2D eigenvalue weighted by Gasteiger charge is -2.20. The highest BCUT2D eigenvalue weighted by Gasteiger charge is 2.61. The largest absolute Gasteiger partial charge is 0.462 e. The lowest BCUT2D eigenvalue weighted by Crippen LogP contribution is -2.33. The maximum Gasteiger partial charge on any atom is 0.339 e. The Morgan fingerprint density at radius 3 is 2.22 bits per heavy atom. The van der Waals surface area contributed by atoms with Crippen LogP contribution in [-0.2, 0) is 14.3 Å². The molecule has 0 unspecified atom stereocenters. The molecule has 27 heavy (non-hydrogen) atoms. The maximum atomic E-state index is 13.1. The van der Waals surface area contributed by atoms with E-state index in [2.05, 4.69) is 12.2 Å². The van der Waals surface area contributed by atoms with E-state index in [9.17, 15) is 14.4 Å². The molecule has 0 N–H and O–H groups in total. The molecule has 5 nitrogen and oxygen atoms in total. The quantitative estimate of drug-likeness (QED) is 0.451. The van der Waals surface area contributed by atoms with E-state index in [1.165, 1.54) is 28.2 Å². The van der Waals surface area contributed by atoms with Crippen molar-refractivity contribution in [2.75, 3.05) is 11.5 Å². The first-order valence-electron chi connectivity index (χ1n) is 9.06. The highest BCUT2D eigenvalue weighted by molar-refractivity contribution is 6.34. The highest BCUT2D eigenvalue weighted by Crippen LogP contribution is 2.57. The van der Waals surface area contributed by atoms with Crippen molar-refractivity contribution < 1.29 is 19.1 Å². The number of anilines is 1. The van der Waals surface area contributed by atoms with Crippen LogP contribution < -0.4 is 4.90 Å². The van der Waals surface area contributed by atoms with Gasteiger partial charge in [0.05, 0.1) is 34.7 Å². The fraction of sp³-hybridized carbons (Fsp3) is 0.381. The molecule has 0 spiro atoms. The normalized spacial score (nSPS) is 28.1. The molecule has 1 aromatic carbocycles. The van der Waals surface area contributed by atoms with Crippen LogP contribution in [0, 0.1) is 23.7 Å². The molecule has 1 heterocycles. The summed E-state index contributed by atoms with van der Waals surface area (Å²) in [4.78, 5) is 39.6. The van der Waals surface area contributed by atoms with E-state index in [0.717, 1.165) is 0 Å². The topological polar surface area (TPSA) is 63.7 Å². The van der Waals surface area contributed by atoms with Crippen LogP contribution in [0.1, 0.15) is 31.1 Å². The summed E-state index contributed by atoms with van der Waals surface area (Å²) in [6, 6.07) is 4.58. The lowest BCUT2D eigenvalue weighted by atomic mass is 9.85. The first kappa shape index (κ1) is 18.0. The van der Waals surface area contributed by atoms with Crippen LogP contribution in [0.3, 0.4) is 0 Å². The Balaban J connectivity index is 1.72. The zero-order valence-electron chi connectivity index (χ0n) is 15.4. The zero-order chi connectivity index (χ0) is 19.5. The standard InChI is InChI=1S/C21H20ClNO4/c1-4-27-21(26)14-9-11(5-8-15(14)22)23-19(24)17-12-6-7-13(16(12)10(2)3)18(17)20(23)25/h5-9,12-13,17-18H,4H2,1-3H3/t12-,13+,17-,18+. The predicted octanol–water partition coefficient (Wildman–Crippen LogP) is 3.77. The molecule has 4 rings (SSSR count). The van der Waals surface area contributed by atoms with Gasteiger partial charge in [-0.15, -0.1) is 0 Å². The van der Waals surface area contributed by atoms with Crippen LogP contribution >= 0.6 is 11.6 Å². The van der Waals surface area contributed by atoms with Gasteiger partial charge in [0, 0.05) is 11.8 Å². The van der Waals surface area contributed by atoms with Gasteiger partial charge in [0.2, 0.25) is 11.8 Å². The molecule has 4 atom stereocenters. The van der Waals surface area contributed by atoms with Crippen LogP contribution in [0.15, 0.2) is 41.5 Å². The molecule has 1 saturated heterocycles. The molecule has 3 aliphatic rings. The van der Waals surface area contributed by atoms with Crippen molar-refractivity contribution >= 4 is 35.1 Å². The zero-order valence-corrected chi connectivity index (χ0v) is 16.1. The van der Waals surface area contributed by atoms with Crippen molar-refractivity contribution in [1.29, 1.82) is 0 Å². The molecule has 1 saturated carbocycles. The van der Waals surface area contributed by atoms with Gasteiger partial charge in [-0.3, -0.25) is 9.59 Å². The molecule has 2 amide bonds. The number of halogens is 1. The minimum Gasteiger partial charge on any atom is -0.462 e. The summed E-state index contributed by atoms with van der Waals surface area (Å²) >= 11 is 6.11. The number of carbonyl (C=O) groups excluding carboxylic acids is 3. The van der Waals surface area contributed by atoms with Crippen molar-refractivity contribution in [3.05, 3.63) is 52.1 Å². The molecule has 2 fully saturated rings. The number of esters is 1. The third-order valence-electron chi connectivity index (χ3n) is 5.70. The number of amides is 2. The van der Waals surface area contributed by atoms with Gasteiger partial charge in [0.25, 0.3) is 0 Å². The van der Waals surface area contributed by atoms with E-state index >= 15 is 0 Å². The minimum atomic E-state index is -0.572. The van der Waals surface area contributed by atoms with Gasteiger partial charge in [-0.05, 0) is 39.0 Å². The Bertz CT molecular complexity index is 894. The molecular formula is C21H20ClNO4. The van der Waals surface area contributed by atoms with Gasteiger partial charge in [0.1, 0.15) is 0 Å². The van der Waals surface area contributed by atoms with E-state index < -0.39 is 5.97 Å². The van der Waals surface area contributed by atoms with Crippen LogP contribution in [-0.4, -0.2) is 24.4 Å². The summed E-state index contributed by atoms with van der Waals surface area (Å²) in [5, 5.41) is 0.227. The number of hydrogen-bond donors (Lipinski definition) is 0. The SMILES string of the molecule is CCOC(=O)c1cc(N2C(=O)[C@@H]3[C@H](C2=O)[C@@H]2C=C[C@H]3C2=C(C)C)ccc1Cl. The average Bonchev–Trinajstić information content (AvgIpc) is 3.26. The van der Waals surface area contributed by atoms with Crippen molar-refractivity contribution in [2.24, 2.45) is 23.7 Å². The number of imide groups is 1. The van der Waals surface area contributed by atoms with Crippen molar-refractivity contribution in [1.82, 2.24) is 0 Å². The van der Waals surface area contributed by atoms with Gasteiger partial charge in [-0.2, -0.15) is 0 Å². The fourth-order valence-corrected chi connectivity index (χ4v) is 4.90. The van der Waals surface area contributed by atoms with Gasteiger partial charge < -0.3 is 4.74 Å². The molecule has 0 aromatic heterocycles. The van der Waals surface area contributed by atoms with Gasteiger partial charge in [0.15, 0.2) is 0 Å². The van der Waals surface area contributed by atoms with Crippen molar-refractivity contribution in [3.8, 4) is 0 Å². The highest BCUT2D eigenvalue weighted by atomic mass is 35.5. The Morgan fingerprint density at radius 1 is 1.11 bits per heavy atom. The van der Waals surface area contributed by atoms with Crippen LogP contribution in [0.25, 0.3) is 0 Å². The Kier molecular flexibility index (Phi) is 4.22. The summed E-state index contributed by atoms with van der Waals surface area (Å²) in [5.41, 5.74) is 2.90. The Hall–Kier alpha value is -2.40. The first-order valence-corrected chi connectivity index (χ1v) is 9.44. The summed E-state index contributed by atoms with van der Waals surface area (Å²) in [6.45, 7) is 5.97. The third-order valence-corrected chi connectivity index (χ3v) is 6.03. The van der Waals surface area contributed by atoms with E-state index in [1.807, 2.05) is 13.8 Å². The minimum absolute atomic E-state index is 0.0109. The van der Waals surface area contributed by atoms with Gasteiger partial charge in [-0.1, -0.05) is 34.9 Å². The second-order valence-electron chi connectivity index (χ2n) is 7.34. The smallest absolute Gasteiger partial charge is 0.339 e. The van der Waals surface area contributed by atoms with Gasteiger partial charge >= 0.3 is 5.97 Å². The number of nitrogens with zero attached hydrogens (tertiary/aromatic N) is 1. The second kappa shape index (κ2) is 6.34. The maximum absolute atomic E-state index is 13.1. The summed E-state index contributed by atoms with van der Waals surface area (Å²) in [7, 11) is 0. The Labute approximate surface area is 162 Å².